The smallest absolute Gasteiger partial charge is 0.126 e. The van der Waals surface area contributed by atoms with Gasteiger partial charge in [-0.25, -0.2) is 0 Å². The third-order valence-electron chi connectivity index (χ3n) is 2.62. The number of phenolic OH excluding ortho intramolecular Hbond substituents is 1. The molecule has 4 N–H and O–H groups in total. The lowest BCUT2D eigenvalue weighted by molar-refractivity contribution is 0.472. The Morgan fingerprint density at radius 2 is 2.12 bits per heavy atom. The van der Waals surface area contributed by atoms with Gasteiger partial charge < -0.3 is 10.8 Å². The molecule has 0 amide bonds. The number of nitrogens with zero attached hydrogens (tertiary/aromatic N) is 1. The summed E-state index contributed by atoms with van der Waals surface area (Å²) in [5.74, 6) is 0.699. The molecule has 0 aliphatic carbocycles. The Balaban J connectivity index is 2.79. The summed E-state index contributed by atoms with van der Waals surface area (Å²) in [4.78, 5) is 0. The van der Waals surface area contributed by atoms with Gasteiger partial charge in [-0.05, 0) is 31.0 Å². The van der Waals surface area contributed by atoms with Crippen LogP contribution in [0, 0.1) is 13.8 Å². The molecule has 0 saturated heterocycles. The summed E-state index contributed by atoms with van der Waals surface area (Å²) in [6.45, 7) is 3.77. The first-order chi connectivity index (χ1) is 7.52. The van der Waals surface area contributed by atoms with Crippen LogP contribution in [0.25, 0.3) is 11.1 Å². The molecule has 0 saturated carbocycles. The second-order valence-electron chi connectivity index (χ2n) is 3.72. The molecule has 5 heteroatoms. The number of aromatic nitrogens is 2. The van der Waals surface area contributed by atoms with Crippen LogP contribution in [-0.2, 0) is 0 Å². The van der Waals surface area contributed by atoms with E-state index in [4.69, 9.17) is 5.73 Å². The van der Waals surface area contributed by atoms with E-state index in [2.05, 4.69) is 26.1 Å². The second kappa shape index (κ2) is 3.83. The summed E-state index contributed by atoms with van der Waals surface area (Å²) in [5, 5.41) is 16.6. The Morgan fingerprint density at radius 1 is 1.44 bits per heavy atom. The molecule has 4 nitrogen and oxygen atoms in total. The molecule has 0 unspecified atom stereocenters. The van der Waals surface area contributed by atoms with Crippen molar-refractivity contribution in [2.24, 2.45) is 0 Å². The molecule has 1 aromatic heterocycles. The lowest BCUT2D eigenvalue weighted by Gasteiger charge is -2.12. The van der Waals surface area contributed by atoms with Crippen molar-refractivity contribution in [3.63, 3.8) is 0 Å². The lowest BCUT2D eigenvalue weighted by atomic mass is 9.99. The zero-order valence-electron chi connectivity index (χ0n) is 9.00. The first-order valence-corrected chi connectivity index (χ1v) is 5.59. The molecule has 0 fully saturated rings. The maximum atomic E-state index is 10.1. The van der Waals surface area contributed by atoms with Crippen LogP contribution in [0.15, 0.2) is 16.7 Å². The van der Waals surface area contributed by atoms with E-state index in [1.165, 1.54) is 0 Å². The molecule has 2 rings (SSSR count). The van der Waals surface area contributed by atoms with Crippen LogP contribution >= 0.6 is 15.9 Å². The van der Waals surface area contributed by atoms with E-state index in [0.29, 0.717) is 5.82 Å². The monoisotopic (exact) mass is 281 g/mol. The number of nitrogens with two attached hydrogens (primary N) is 1. The van der Waals surface area contributed by atoms with E-state index in [1.54, 1.807) is 6.20 Å². The van der Waals surface area contributed by atoms with Crippen LogP contribution in [0.3, 0.4) is 0 Å². The third-order valence-corrected chi connectivity index (χ3v) is 3.45. The minimum absolute atomic E-state index is 0.244. The van der Waals surface area contributed by atoms with Gasteiger partial charge in [0.2, 0.25) is 0 Å². The largest absolute Gasteiger partial charge is 0.507 e. The highest BCUT2D eigenvalue weighted by molar-refractivity contribution is 9.10. The van der Waals surface area contributed by atoms with E-state index in [1.807, 2.05) is 19.9 Å². The molecule has 0 aliphatic rings. The van der Waals surface area contributed by atoms with E-state index >= 15 is 0 Å². The molecule has 1 aromatic carbocycles. The van der Waals surface area contributed by atoms with Gasteiger partial charge in [-0.1, -0.05) is 15.9 Å². The van der Waals surface area contributed by atoms with Gasteiger partial charge in [0, 0.05) is 15.6 Å². The molecular weight excluding hydrogens is 270 g/mol. The summed E-state index contributed by atoms with van der Waals surface area (Å²) in [5.41, 5.74) is 8.95. The van der Waals surface area contributed by atoms with Crippen LogP contribution < -0.4 is 5.73 Å². The van der Waals surface area contributed by atoms with Crippen LogP contribution in [0.5, 0.6) is 5.75 Å². The normalized spacial score (nSPS) is 10.7. The van der Waals surface area contributed by atoms with Crippen LogP contribution in [0.2, 0.25) is 0 Å². The number of nitrogens with one attached hydrogen (secondary N) is 1. The van der Waals surface area contributed by atoms with Gasteiger partial charge in [0.15, 0.2) is 0 Å². The van der Waals surface area contributed by atoms with Gasteiger partial charge in [0.25, 0.3) is 0 Å². The summed E-state index contributed by atoms with van der Waals surface area (Å²) in [7, 11) is 0. The van der Waals surface area contributed by atoms with Crippen molar-refractivity contribution in [1.29, 1.82) is 0 Å². The summed E-state index contributed by atoms with van der Waals surface area (Å²) in [6.07, 6.45) is 1.61. The number of aryl methyl sites for hydroxylation is 1. The number of rotatable bonds is 1. The zero-order chi connectivity index (χ0) is 11.9. The number of hydrogen-bond donors (Lipinski definition) is 3. The zero-order valence-corrected chi connectivity index (χ0v) is 10.6. The molecule has 2 aromatic rings. The number of aromatic amines is 1. The Kier molecular flexibility index (Phi) is 2.63. The molecule has 84 valence electrons. The predicted octanol–water partition coefficient (Wildman–Crippen LogP) is 2.74. The predicted molar refractivity (Wildman–Crippen MR) is 67.3 cm³/mol. The molecule has 0 atom stereocenters. The van der Waals surface area contributed by atoms with Crippen molar-refractivity contribution in [2.75, 3.05) is 5.73 Å². The Hall–Kier alpha value is -1.49. The van der Waals surface area contributed by atoms with Crippen LogP contribution in [-0.4, -0.2) is 15.3 Å². The van der Waals surface area contributed by atoms with E-state index in [-0.39, 0.29) is 5.75 Å². The number of nitrogen functional groups attached to an aromatic ring is 1. The number of halogens is 1. The van der Waals surface area contributed by atoms with E-state index in [9.17, 15) is 5.11 Å². The lowest BCUT2D eigenvalue weighted by Crippen LogP contribution is -1.92. The van der Waals surface area contributed by atoms with Crippen molar-refractivity contribution < 1.29 is 5.11 Å². The quantitative estimate of drug-likeness (QED) is 0.752. The standard InChI is InChI=1S/C11H12BrN3O/c1-5-3-8(12)6(2)9(10(5)16)7-4-14-15-11(7)13/h3-4,16H,1-2H3,(H3,13,14,15). The number of anilines is 1. The number of hydrogen-bond acceptors (Lipinski definition) is 3. The maximum absolute atomic E-state index is 10.1. The number of phenols is 1. The topological polar surface area (TPSA) is 74.9 Å². The third kappa shape index (κ3) is 1.57. The summed E-state index contributed by atoms with van der Waals surface area (Å²) >= 11 is 3.46. The van der Waals surface area contributed by atoms with Gasteiger partial charge in [0.1, 0.15) is 11.6 Å². The van der Waals surface area contributed by atoms with Gasteiger partial charge in [-0.3, -0.25) is 5.10 Å². The minimum Gasteiger partial charge on any atom is -0.507 e. The van der Waals surface area contributed by atoms with Crippen molar-refractivity contribution in [1.82, 2.24) is 10.2 Å². The Bertz CT molecular complexity index is 522. The molecule has 0 bridgehead atoms. The SMILES string of the molecule is Cc1cc(Br)c(C)c(-c2cn[nH]c2N)c1O. The number of benzene rings is 1. The number of H-pyrrole nitrogens is 1. The Morgan fingerprint density at radius 3 is 2.69 bits per heavy atom. The first kappa shape index (κ1) is 11.0. The molecule has 1 heterocycles. The van der Waals surface area contributed by atoms with E-state index < -0.39 is 0 Å². The average molecular weight is 282 g/mol. The average Bonchev–Trinajstić information content (AvgIpc) is 2.63. The number of aromatic hydroxyl groups is 1. The molecule has 16 heavy (non-hydrogen) atoms. The summed E-state index contributed by atoms with van der Waals surface area (Å²) < 4.78 is 0.943. The molecule has 0 spiro atoms. The van der Waals surface area contributed by atoms with Gasteiger partial charge in [0.05, 0.1) is 6.20 Å². The second-order valence-corrected chi connectivity index (χ2v) is 4.58. The van der Waals surface area contributed by atoms with Crippen molar-refractivity contribution >= 4 is 21.7 Å². The summed E-state index contributed by atoms with van der Waals surface area (Å²) in [6, 6.07) is 1.88. The van der Waals surface area contributed by atoms with Crippen LogP contribution in [0.1, 0.15) is 11.1 Å². The Labute approximate surface area is 102 Å². The van der Waals surface area contributed by atoms with Gasteiger partial charge in [-0.2, -0.15) is 5.10 Å². The highest BCUT2D eigenvalue weighted by Crippen LogP contribution is 2.40. The highest BCUT2D eigenvalue weighted by Gasteiger charge is 2.16. The van der Waals surface area contributed by atoms with Crippen molar-refractivity contribution in [3.05, 3.63) is 27.9 Å². The first-order valence-electron chi connectivity index (χ1n) is 4.80. The molecule has 0 radical (unpaired) electrons. The fraction of sp³-hybridized carbons (Fsp3) is 0.182. The van der Waals surface area contributed by atoms with Crippen molar-refractivity contribution in [3.8, 4) is 16.9 Å². The van der Waals surface area contributed by atoms with Crippen LogP contribution in [0.4, 0.5) is 5.82 Å². The highest BCUT2D eigenvalue weighted by atomic mass is 79.9. The van der Waals surface area contributed by atoms with Gasteiger partial charge >= 0.3 is 0 Å². The molecular formula is C11H12BrN3O. The van der Waals surface area contributed by atoms with E-state index in [0.717, 1.165) is 26.7 Å². The van der Waals surface area contributed by atoms with Gasteiger partial charge in [-0.15, -0.1) is 0 Å². The maximum Gasteiger partial charge on any atom is 0.126 e. The molecule has 0 aliphatic heterocycles. The fourth-order valence-electron chi connectivity index (χ4n) is 1.69. The fourth-order valence-corrected chi connectivity index (χ4v) is 2.23. The van der Waals surface area contributed by atoms with Crippen molar-refractivity contribution in [2.45, 2.75) is 13.8 Å². The minimum atomic E-state index is 0.244.